The maximum Gasteiger partial charge on any atom is 0.244 e. The van der Waals surface area contributed by atoms with Crippen LogP contribution in [0.5, 0.6) is 0 Å². The summed E-state index contributed by atoms with van der Waals surface area (Å²) in [6.07, 6.45) is 1.65. The van der Waals surface area contributed by atoms with Gasteiger partial charge in [0.2, 0.25) is 11.8 Å². The smallest absolute Gasteiger partial charge is 0.244 e. The van der Waals surface area contributed by atoms with Gasteiger partial charge in [-0.1, -0.05) is 12.1 Å². The van der Waals surface area contributed by atoms with Gasteiger partial charge in [-0.2, -0.15) is 0 Å². The molecule has 2 rings (SSSR count). The number of carbonyl (C=O) groups is 2. The van der Waals surface area contributed by atoms with Crippen LogP contribution in [0.2, 0.25) is 0 Å². The average Bonchev–Trinajstić information content (AvgIpc) is 2.32. The van der Waals surface area contributed by atoms with Crippen LogP contribution in [0.1, 0.15) is 5.56 Å². The van der Waals surface area contributed by atoms with Crippen molar-refractivity contribution in [3.05, 3.63) is 41.4 Å². The fourth-order valence-electron chi connectivity index (χ4n) is 1.62. The Balaban J connectivity index is 1.94. The van der Waals surface area contributed by atoms with Gasteiger partial charge in [0.15, 0.2) is 0 Å². The van der Waals surface area contributed by atoms with Crippen molar-refractivity contribution in [2.45, 2.75) is 6.92 Å². The molecule has 1 aromatic carbocycles. The van der Waals surface area contributed by atoms with Gasteiger partial charge in [-0.3, -0.25) is 9.59 Å². The Morgan fingerprint density at radius 1 is 1.50 bits per heavy atom. The highest BCUT2D eigenvalue weighted by molar-refractivity contribution is 8.02. The predicted octanol–water partition coefficient (Wildman–Crippen LogP) is 1.98. The third kappa shape index (κ3) is 3.37. The molecule has 0 fully saturated rings. The van der Waals surface area contributed by atoms with E-state index < -0.39 is 0 Å². The van der Waals surface area contributed by atoms with Gasteiger partial charge < -0.3 is 10.2 Å². The summed E-state index contributed by atoms with van der Waals surface area (Å²) in [7, 11) is 0. The standard InChI is InChI=1S/C13H14N2O2S/c1-10-3-2-4-11(7-10)14-12(16)8-15-5-6-18-9-13(15)17/h2-7H,8-9H2,1H3,(H,14,16). The number of hydrogen-bond donors (Lipinski definition) is 1. The number of amides is 2. The molecule has 1 heterocycles. The van der Waals surface area contributed by atoms with Crippen molar-refractivity contribution in [2.75, 3.05) is 17.6 Å². The first kappa shape index (κ1) is 12.7. The first-order valence-electron chi connectivity index (χ1n) is 5.59. The molecule has 5 heteroatoms. The molecular formula is C13H14N2O2S. The number of thioether (sulfide) groups is 1. The molecule has 4 nitrogen and oxygen atoms in total. The van der Waals surface area contributed by atoms with E-state index in [0.717, 1.165) is 11.3 Å². The molecule has 0 aromatic heterocycles. The Morgan fingerprint density at radius 2 is 2.33 bits per heavy atom. The minimum absolute atomic E-state index is 0.0399. The second kappa shape index (κ2) is 5.73. The largest absolute Gasteiger partial charge is 0.325 e. The second-order valence-corrected chi connectivity index (χ2v) is 4.93. The molecule has 1 aromatic rings. The van der Waals surface area contributed by atoms with Crippen LogP contribution in [-0.4, -0.2) is 29.0 Å². The van der Waals surface area contributed by atoms with E-state index in [9.17, 15) is 9.59 Å². The summed E-state index contributed by atoms with van der Waals surface area (Å²) in [6.45, 7) is 2.02. The van der Waals surface area contributed by atoms with Crippen LogP contribution in [0.15, 0.2) is 35.9 Å². The number of hydrogen-bond acceptors (Lipinski definition) is 3. The molecule has 0 spiro atoms. The van der Waals surface area contributed by atoms with Gasteiger partial charge in [-0.25, -0.2) is 0 Å². The van der Waals surface area contributed by atoms with Gasteiger partial charge in [0, 0.05) is 11.9 Å². The molecule has 94 valence electrons. The number of carbonyl (C=O) groups excluding carboxylic acids is 2. The van der Waals surface area contributed by atoms with Gasteiger partial charge in [0.05, 0.1) is 5.75 Å². The van der Waals surface area contributed by atoms with E-state index in [1.807, 2.05) is 36.6 Å². The van der Waals surface area contributed by atoms with Crippen molar-refractivity contribution in [1.82, 2.24) is 4.90 Å². The van der Waals surface area contributed by atoms with Gasteiger partial charge in [0.25, 0.3) is 0 Å². The fourth-order valence-corrected chi connectivity index (χ4v) is 2.26. The minimum Gasteiger partial charge on any atom is -0.325 e. The number of aryl methyl sites for hydroxylation is 1. The molecule has 1 aliphatic rings. The SMILES string of the molecule is Cc1cccc(NC(=O)CN2C=CSCC2=O)c1. The van der Waals surface area contributed by atoms with Crippen molar-refractivity contribution < 1.29 is 9.59 Å². The van der Waals surface area contributed by atoms with E-state index in [0.29, 0.717) is 5.75 Å². The van der Waals surface area contributed by atoms with Crippen molar-refractivity contribution >= 4 is 29.3 Å². The van der Waals surface area contributed by atoms with Gasteiger partial charge in [-0.05, 0) is 30.0 Å². The highest BCUT2D eigenvalue weighted by Gasteiger charge is 2.17. The average molecular weight is 262 g/mol. The zero-order valence-corrected chi connectivity index (χ0v) is 10.9. The van der Waals surface area contributed by atoms with Crippen LogP contribution >= 0.6 is 11.8 Å². The number of nitrogens with one attached hydrogen (secondary N) is 1. The Kier molecular flexibility index (Phi) is 4.04. The molecule has 0 aliphatic carbocycles. The van der Waals surface area contributed by atoms with Crippen molar-refractivity contribution in [3.63, 3.8) is 0 Å². The third-order valence-electron chi connectivity index (χ3n) is 2.48. The quantitative estimate of drug-likeness (QED) is 0.906. The summed E-state index contributed by atoms with van der Waals surface area (Å²) in [6, 6.07) is 7.56. The lowest BCUT2D eigenvalue weighted by atomic mass is 10.2. The number of benzene rings is 1. The highest BCUT2D eigenvalue weighted by atomic mass is 32.2. The van der Waals surface area contributed by atoms with E-state index in [1.165, 1.54) is 16.7 Å². The molecule has 1 aliphatic heterocycles. The molecule has 18 heavy (non-hydrogen) atoms. The molecule has 0 bridgehead atoms. The monoisotopic (exact) mass is 262 g/mol. The van der Waals surface area contributed by atoms with E-state index >= 15 is 0 Å². The van der Waals surface area contributed by atoms with E-state index in [1.54, 1.807) is 6.20 Å². The van der Waals surface area contributed by atoms with E-state index in [-0.39, 0.29) is 18.4 Å². The molecule has 0 atom stereocenters. The Labute approximate surface area is 110 Å². The zero-order chi connectivity index (χ0) is 13.0. The fraction of sp³-hybridized carbons (Fsp3) is 0.231. The minimum atomic E-state index is -0.189. The molecule has 0 saturated heterocycles. The third-order valence-corrected chi connectivity index (χ3v) is 3.21. The van der Waals surface area contributed by atoms with Crippen molar-refractivity contribution in [3.8, 4) is 0 Å². The maximum atomic E-state index is 11.8. The number of rotatable bonds is 3. The maximum absolute atomic E-state index is 11.8. The first-order valence-corrected chi connectivity index (χ1v) is 6.64. The van der Waals surface area contributed by atoms with E-state index in [2.05, 4.69) is 5.32 Å². The summed E-state index contributed by atoms with van der Waals surface area (Å²) >= 11 is 1.44. The summed E-state index contributed by atoms with van der Waals surface area (Å²) in [4.78, 5) is 24.7. The molecule has 0 unspecified atom stereocenters. The van der Waals surface area contributed by atoms with Crippen LogP contribution < -0.4 is 5.32 Å². The van der Waals surface area contributed by atoms with E-state index in [4.69, 9.17) is 0 Å². The van der Waals surface area contributed by atoms with Crippen LogP contribution in [0, 0.1) is 6.92 Å². The summed E-state index contributed by atoms with van der Waals surface area (Å²) < 4.78 is 0. The zero-order valence-electron chi connectivity index (χ0n) is 10.1. The normalized spacial score (nSPS) is 14.7. The lowest BCUT2D eigenvalue weighted by Crippen LogP contribution is -2.36. The molecule has 0 radical (unpaired) electrons. The van der Waals surface area contributed by atoms with Crippen LogP contribution in [0.4, 0.5) is 5.69 Å². The lowest BCUT2D eigenvalue weighted by molar-refractivity contribution is -0.129. The summed E-state index contributed by atoms with van der Waals surface area (Å²) in [5, 5.41) is 4.60. The van der Waals surface area contributed by atoms with Crippen LogP contribution in [0.25, 0.3) is 0 Å². The Morgan fingerprint density at radius 3 is 3.06 bits per heavy atom. The Hall–Kier alpha value is -1.75. The van der Waals surface area contributed by atoms with Crippen molar-refractivity contribution in [2.24, 2.45) is 0 Å². The molecule has 0 saturated carbocycles. The predicted molar refractivity (Wildman–Crippen MR) is 73.1 cm³/mol. The van der Waals surface area contributed by atoms with Gasteiger partial charge >= 0.3 is 0 Å². The summed E-state index contributed by atoms with van der Waals surface area (Å²) in [5.74, 6) is 0.168. The molecular weight excluding hydrogens is 248 g/mol. The van der Waals surface area contributed by atoms with Crippen LogP contribution in [0.3, 0.4) is 0 Å². The van der Waals surface area contributed by atoms with Gasteiger partial charge in [0.1, 0.15) is 6.54 Å². The lowest BCUT2D eigenvalue weighted by Gasteiger charge is -2.20. The first-order chi connectivity index (χ1) is 8.65. The summed E-state index contributed by atoms with van der Waals surface area (Å²) in [5.41, 5.74) is 1.83. The van der Waals surface area contributed by atoms with Gasteiger partial charge in [-0.15, -0.1) is 11.8 Å². The Bertz CT molecular complexity index is 500. The molecule has 2 amide bonds. The number of nitrogens with zero attached hydrogens (tertiary/aromatic N) is 1. The van der Waals surface area contributed by atoms with Crippen molar-refractivity contribution in [1.29, 1.82) is 0 Å². The number of anilines is 1. The van der Waals surface area contributed by atoms with Crippen LogP contribution in [-0.2, 0) is 9.59 Å². The second-order valence-electron chi connectivity index (χ2n) is 4.04. The molecule has 1 N–H and O–H groups in total. The topological polar surface area (TPSA) is 49.4 Å². The highest BCUT2D eigenvalue weighted by Crippen LogP contribution is 2.13.